The Bertz CT molecular complexity index is 1020. The smallest absolute Gasteiger partial charge is 0.248 e. The lowest BCUT2D eigenvalue weighted by molar-refractivity contribution is -0.111. The minimum absolute atomic E-state index is 0.0662. The van der Waals surface area contributed by atoms with Crippen LogP contribution in [0.25, 0.3) is 6.08 Å². The molecule has 0 aliphatic carbocycles. The third kappa shape index (κ3) is 5.45. The van der Waals surface area contributed by atoms with E-state index in [1.54, 1.807) is 30.3 Å². The number of sulfonamides is 1. The summed E-state index contributed by atoms with van der Waals surface area (Å²) < 4.78 is 38.7. The number of morpholine rings is 1. The summed E-state index contributed by atoms with van der Waals surface area (Å²) >= 11 is 3.35. The maximum absolute atomic E-state index is 13.0. The van der Waals surface area contributed by atoms with E-state index >= 15 is 0 Å². The van der Waals surface area contributed by atoms with Crippen LogP contribution in [0, 0.1) is 0 Å². The van der Waals surface area contributed by atoms with Crippen LogP contribution in [0.1, 0.15) is 5.56 Å². The molecule has 0 bridgehead atoms. The number of benzene rings is 2. The standard InChI is InChI=1S/C20H21BrN2O5S/c1-27-18-7-5-15(6-8-20(24)22-17-4-2-3-16(21)14-17)13-19(18)29(25,26)23-9-11-28-12-10-23/h2-8,13-14H,9-12H2,1H3,(H,22,24)/b8-6+. The van der Waals surface area contributed by atoms with Crippen LogP contribution in [-0.4, -0.2) is 52.0 Å². The van der Waals surface area contributed by atoms with Crippen molar-refractivity contribution in [2.45, 2.75) is 4.90 Å². The van der Waals surface area contributed by atoms with Crippen molar-refractivity contribution >= 4 is 43.6 Å². The summed E-state index contributed by atoms with van der Waals surface area (Å²) in [6.07, 6.45) is 2.92. The Balaban J connectivity index is 1.80. The number of amides is 1. The topological polar surface area (TPSA) is 84.9 Å². The normalized spacial score (nSPS) is 15.4. The third-order valence-electron chi connectivity index (χ3n) is 4.29. The molecule has 0 aromatic heterocycles. The van der Waals surface area contributed by atoms with E-state index in [2.05, 4.69) is 21.2 Å². The number of carbonyl (C=O) groups is 1. The van der Waals surface area contributed by atoms with E-state index in [0.717, 1.165) is 4.47 Å². The van der Waals surface area contributed by atoms with E-state index in [0.29, 0.717) is 37.6 Å². The van der Waals surface area contributed by atoms with Gasteiger partial charge in [-0.3, -0.25) is 4.79 Å². The van der Waals surface area contributed by atoms with E-state index < -0.39 is 10.0 Å². The zero-order valence-corrected chi connectivity index (χ0v) is 18.2. The van der Waals surface area contributed by atoms with Crippen LogP contribution in [0.3, 0.4) is 0 Å². The highest BCUT2D eigenvalue weighted by molar-refractivity contribution is 9.10. The van der Waals surface area contributed by atoms with E-state index in [9.17, 15) is 13.2 Å². The SMILES string of the molecule is COc1ccc(/C=C/C(=O)Nc2cccc(Br)c2)cc1S(=O)(=O)N1CCOCC1. The molecule has 2 aromatic rings. The monoisotopic (exact) mass is 480 g/mol. The highest BCUT2D eigenvalue weighted by atomic mass is 79.9. The van der Waals surface area contributed by atoms with Crippen LogP contribution in [0.2, 0.25) is 0 Å². The first-order valence-corrected chi connectivity index (χ1v) is 11.1. The van der Waals surface area contributed by atoms with E-state index in [1.807, 2.05) is 12.1 Å². The zero-order valence-electron chi connectivity index (χ0n) is 15.8. The molecule has 0 radical (unpaired) electrons. The molecule has 1 saturated heterocycles. The van der Waals surface area contributed by atoms with E-state index in [1.165, 1.54) is 23.6 Å². The molecule has 1 aliphatic heterocycles. The highest BCUT2D eigenvalue weighted by Crippen LogP contribution is 2.29. The first kappa shape index (κ1) is 21.5. The van der Waals surface area contributed by atoms with Crippen LogP contribution < -0.4 is 10.1 Å². The van der Waals surface area contributed by atoms with Crippen molar-refractivity contribution in [3.63, 3.8) is 0 Å². The second-order valence-electron chi connectivity index (χ2n) is 6.26. The summed E-state index contributed by atoms with van der Waals surface area (Å²) in [5, 5.41) is 2.75. The second kappa shape index (κ2) is 9.53. The average Bonchev–Trinajstić information content (AvgIpc) is 2.72. The van der Waals surface area contributed by atoms with Crippen molar-refractivity contribution in [3.8, 4) is 5.75 Å². The molecule has 1 fully saturated rings. The lowest BCUT2D eigenvalue weighted by Crippen LogP contribution is -2.40. The minimum atomic E-state index is -3.73. The van der Waals surface area contributed by atoms with Crippen molar-refractivity contribution in [1.82, 2.24) is 4.31 Å². The second-order valence-corrected chi connectivity index (χ2v) is 9.08. The lowest BCUT2D eigenvalue weighted by atomic mass is 10.2. The Morgan fingerprint density at radius 1 is 1.21 bits per heavy atom. The van der Waals surface area contributed by atoms with Crippen LogP contribution in [0.4, 0.5) is 5.69 Å². The molecule has 0 unspecified atom stereocenters. The van der Waals surface area contributed by atoms with Gasteiger partial charge in [-0.25, -0.2) is 8.42 Å². The molecule has 1 aliphatic rings. The molecule has 0 saturated carbocycles. The van der Waals surface area contributed by atoms with Crippen molar-refractivity contribution in [1.29, 1.82) is 0 Å². The molecule has 1 heterocycles. The first-order valence-electron chi connectivity index (χ1n) is 8.91. The fraction of sp³-hybridized carbons (Fsp3) is 0.250. The van der Waals surface area contributed by atoms with Gasteiger partial charge in [0, 0.05) is 29.3 Å². The maximum Gasteiger partial charge on any atom is 0.248 e. The number of carbonyl (C=O) groups excluding carboxylic acids is 1. The summed E-state index contributed by atoms with van der Waals surface area (Å²) in [5.74, 6) is -0.0660. The predicted molar refractivity (Wildman–Crippen MR) is 114 cm³/mol. The predicted octanol–water partition coefficient (Wildman–Crippen LogP) is 3.13. The number of hydrogen-bond donors (Lipinski definition) is 1. The van der Waals surface area contributed by atoms with Gasteiger partial charge in [0.1, 0.15) is 10.6 Å². The third-order valence-corrected chi connectivity index (χ3v) is 6.71. The summed E-state index contributed by atoms with van der Waals surface area (Å²) in [6.45, 7) is 1.30. The van der Waals surface area contributed by atoms with Crippen LogP contribution in [0.5, 0.6) is 5.75 Å². The number of hydrogen-bond acceptors (Lipinski definition) is 5. The summed E-state index contributed by atoms with van der Waals surface area (Å²) in [6, 6.07) is 12.0. The van der Waals surface area contributed by atoms with Crippen molar-refractivity contribution < 1.29 is 22.7 Å². The van der Waals surface area contributed by atoms with Crippen molar-refractivity contribution in [2.24, 2.45) is 0 Å². The molecule has 1 amide bonds. The molecule has 0 atom stereocenters. The molecule has 0 spiro atoms. The molecule has 7 nitrogen and oxygen atoms in total. The fourth-order valence-corrected chi connectivity index (χ4v) is 4.84. The van der Waals surface area contributed by atoms with Crippen LogP contribution in [0.15, 0.2) is 57.9 Å². The number of ether oxygens (including phenoxy) is 2. The zero-order chi connectivity index (χ0) is 20.9. The van der Waals surface area contributed by atoms with Crippen molar-refractivity contribution in [2.75, 3.05) is 38.7 Å². The van der Waals surface area contributed by atoms with Gasteiger partial charge in [0.25, 0.3) is 0 Å². The summed E-state index contributed by atoms with van der Waals surface area (Å²) in [7, 11) is -2.31. The number of nitrogens with zero attached hydrogens (tertiary/aromatic N) is 1. The Kier molecular flexibility index (Phi) is 7.07. The Morgan fingerprint density at radius 3 is 2.66 bits per heavy atom. The quantitative estimate of drug-likeness (QED) is 0.641. The van der Waals surface area contributed by atoms with Gasteiger partial charge in [-0.05, 0) is 42.0 Å². The highest BCUT2D eigenvalue weighted by Gasteiger charge is 2.29. The Labute approximate surface area is 178 Å². The molecule has 1 N–H and O–H groups in total. The van der Waals surface area contributed by atoms with Gasteiger partial charge in [0.05, 0.1) is 20.3 Å². The number of halogens is 1. The summed E-state index contributed by atoms with van der Waals surface area (Å²) in [5.41, 5.74) is 1.22. The Morgan fingerprint density at radius 2 is 1.97 bits per heavy atom. The Hall–Kier alpha value is -2.20. The van der Waals surface area contributed by atoms with Crippen LogP contribution in [-0.2, 0) is 19.6 Å². The number of rotatable bonds is 6. The number of anilines is 1. The number of methoxy groups -OCH3 is 1. The average molecular weight is 481 g/mol. The van der Waals surface area contributed by atoms with Gasteiger partial charge in [-0.15, -0.1) is 0 Å². The molecule has 154 valence electrons. The molecular formula is C20H21BrN2O5S. The minimum Gasteiger partial charge on any atom is -0.495 e. The molecule has 2 aromatic carbocycles. The summed E-state index contributed by atoms with van der Waals surface area (Å²) in [4.78, 5) is 12.2. The molecule has 3 rings (SSSR count). The van der Waals surface area contributed by atoms with Gasteiger partial charge >= 0.3 is 0 Å². The van der Waals surface area contributed by atoms with Gasteiger partial charge in [0.15, 0.2) is 0 Å². The van der Waals surface area contributed by atoms with Gasteiger partial charge in [-0.1, -0.05) is 28.1 Å². The van der Waals surface area contributed by atoms with Crippen LogP contribution >= 0.6 is 15.9 Å². The van der Waals surface area contributed by atoms with Gasteiger partial charge in [0.2, 0.25) is 15.9 Å². The van der Waals surface area contributed by atoms with E-state index in [-0.39, 0.29) is 16.6 Å². The fourth-order valence-electron chi connectivity index (χ4n) is 2.85. The van der Waals surface area contributed by atoms with Gasteiger partial charge < -0.3 is 14.8 Å². The van der Waals surface area contributed by atoms with Gasteiger partial charge in [-0.2, -0.15) is 4.31 Å². The molecule has 9 heteroatoms. The largest absolute Gasteiger partial charge is 0.495 e. The van der Waals surface area contributed by atoms with E-state index in [4.69, 9.17) is 9.47 Å². The molecular weight excluding hydrogens is 460 g/mol. The maximum atomic E-state index is 13.0. The van der Waals surface area contributed by atoms with Crippen molar-refractivity contribution in [3.05, 3.63) is 58.6 Å². The molecule has 29 heavy (non-hydrogen) atoms. The lowest BCUT2D eigenvalue weighted by Gasteiger charge is -2.26. The first-order chi connectivity index (χ1) is 13.9. The number of nitrogens with one attached hydrogen (secondary N) is 1.